The number of carbonyl (C=O) groups excluding carboxylic acids is 1. The first-order valence-electron chi connectivity index (χ1n) is 7.01. The molecule has 1 heterocycles. The molecule has 0 aromatic carbocycles. The predicted octanol–water partition coefficient (Wildman–Crippen LogP) is 1.36. The topological polar surface area (TPSA) is 106 Å². The highest BCUT2D eigenvalue weighted by atomic mass is 35.5. The summed E-state index contributed by atoms with van der Waals surface area (Å²) in [4.78, 5) is 12.3. The Labute approximate surface area is 144 Å². The van der Waals surface area contributed by atoms with Gasteiger partial charge < -0.3 is 15.5 Å². The van der Waals surface area contributed by atoms with Crippen LogP contribution in [0.3, 0.4) is 0 Å². The van der Waals surface area contributed by atoms with Crippen molar-refractivity contribution in [2.75, 3.05) is 20.6 Å². The molecule has 0 radical (unpaired) electrons. The number of hydrogen-bond donors (Lipinski definition) is 2. The summed E-state index contributed by atoms with van der Waals surface area (Å²) in [5, 5.41) is 2.81. The van der Waals surface area contributed by atoms with E-state index < -0.39 is 21.5 Å². The van der Waals surface area contributed by atoms with Crippen LogP contribution in [0.2, 0.25) is 0 Å². The van der Waals surface area contributed by atoms with Crippen LogP contribution in [0.4, 0.5) is 0 Å². The minimum atomic E-state index is -3.65. The molecule has 1 rings (SSSR count). The molecule has 0 aliphatic heterocycles. The fourth-order valence-corrected chi connectivity index (χ4v) is 2.84. The van der Waals surface area contributed by atoms with Crippen LogP contribution in [0.1, 0.15) is 37.1 Å². The average molecular weight is 368 g/mol. The van der Waals surface area contributed by atoms with E-state index in [4.69, 9.17) is 10.2 Å². The number of sulfonamides is 1. The summed E-state index contributed by atoms with van der Waals surface area (Å²) in [6.07, 6.45) is 0. The van der Waals surface area contributed by atoms with Crippen molar-refractivity contribution in [3.05, 3.63) is 17.6 Å². The van der Waals surface area contributed by atoms with Gasteiger partial charge in [0.25, 0.3) is 5.91 Å². The summed E-state index contributed by atoms with van der Waals surface area (Å²) in [5.41, 5.74) is 5.13. The smallest absolute Gasteiger partial charge is 0.287 e. The summed E-state index contributed by atoms with van der Waals surface area (Å²) in [6.45, 7) is 7.50. The first kappa shape index (κ1) is 21.9. The van der Waals surface area contributed by atoms with Crippen molar-refractivity contribution in [2.45, 2.75) is 38.1 Å². The maximum Gasteiger partial charge on any atom is 0.287 e. The highest BCUT2D eigenvalue weighted by Crippen LogP contribution is 2.23. The van der Waals surface area contributed by atoms with E-state index in [9.17, 15) is 13.2 Å². The number of nitrogens with zero attached hydrogens (tertiary/aromatic N) is 1. The number of carbonyl (C=O) groups is 1. The highest BCUT2D eigenvalue weighted by molar-refractivity contribution is 7.89. The van der Waals surface area contributed by atoms with Gasteiger partial charge in [-0.05, 0) is 19.8 Å². The van der Waals surface area contributed by atoms with Crippen molar-refractivity contribution in [1.82, 2.24) is 9.62 Å². The quantitative estimate of drug-likeness (QED) is 0.789. The molecule has 0 saturated heterocycles. The van der Waals surface area contributed by atoms with E-state index in [-0.39, 0.29) is 41.3 Å². The number of halogens is 1. The van der Waals surface area contributed by atoms with Gasteiger partial charge in [-0.3, -0.25) is 4.79 Å². The van der Waals surface area contributed by atoms with E-state index in [1.165, 1.54) is 27.1 Å². The van der Waals surface area contributed by atoms with Gasteiger partial charge in [-0.25, -0.2) is 12.7 Å². The highest BCUT2D eigenvalue weighted by Gasteiger charge is 2.31. The van der Waals surface area contributed by atoms with Crippen molar-refractivity contribution >= 4 is 28.3 Å². The number of hydrogen-bond acceptors (Lipinski definition) is 5. The van der Waals surface area contributed by atoms with E-state index in [0.717, 1.165) is 4.31 Å². The van der Waals surface area contributed by atoms with Gasteiger partial charge in [0.1, 0.15) is 10.7 Å². The minimum absolute atomic E-state index is 0. The second-order valence-corrected chi connectivity index (χ2v) is 8.17. The average Bonchev–Trinajstić information content (AvgIpc) is 2.80. The molecular formula is C14H26ClN3O4S. The number of amides is 1. The third kappa shape index (κ3) is 4.47. The van der Waals surface area contributed by atoms with Crippen molar-refractivity contribution in [1.29, 1.82) is 0 Å². The zero-order chi connectivity index (χ0) is 17.3. The molecule has 0 bridgehead atoms. The summed E-state index contributed by atoms with van der Waals surface area (Å²) in [6, 6.07) is 1.25. The monoisotopic (exact) mass is 367 g/mol. The number of nitrogens with two attached hydrogens (primary N) is 1. The van der Waals surface area contributed by atoms with Gasteiger partial charge >= 0.3 is 0 Å². The first-order valence-corrected chi connectivity index (χ1v) is 8.45. The van der Waals surface area contributed by atoms with Crippen molar-refractivity contribution < 1.29 is 17.6 Å². The van der Waals surface area contributed by atoms with E-state index in [0.29, 0.717) is 0 Å². The van der Waals surface area contributed by atoms with Gasteiger partial charge in [0.15, 0.2) is 5.76 Å². The molecular weight excluding hydrogens is 342 g/mol. The van der Waals surface area contributed by atoms with Gasteiger partial charge in [-0.2, -0.15) is 0 Å². The summed E-state index contributed by atoms with van der Waals surface area (Å²) in [5.74, 6) is -0.233. The lowest BCUT2D eigenvalue weighted by molar-refractivity contribution is 0.0853. The zero-order valence-corrected chi connectivity index (χ0v) is 16.0. The Bertz CT molecular complexity index is 655. The molecule has 0 spiro atoms. The Morgan fingerprint density at radius 3 is 2.35 bits per heavy atom. The first-order chi connectivity index (χ1) is 9.95. The fourth-order valence-electron chi connectivity index (χ4n) is 1.78. The Kier molecular flexibility index (Phi) is 7.29. The van der Waals surface area contributed by atoms with Crippen LogP contribution in [0.15, 0.2) is 15.4 Å². The van der Waals surface area contributed by atoms with Gasteiger partial charge in [0.2, 0.25) is 10.0 Å². The lowest BCUT2D eigenvalue weighted by Crippen LogP contribution is -2.54. The van der Waals surface area contributed by atoms with Crippen LogP contribution in [0.5, 0.6) is 0 Å². The molecule has 1 aromatic heterocycles. The maximum atomic E-state index is 12.3. The molecule has 0 saturated carbocycles. The van der Waals surface area contributed by atoms with Crippen LogP contribution < -0.4 is 11.1 Å². The summed E-state index contributed by atoms with van der Waals surface area (Å²) < 4.78 is 30.7. The zero-order valence-electron chi connectivity index (χ0n) is 14.3. The second-order valence-electron chi connectivity index (χ2n) is 6.05. The number of nitrogens with one attached hydrogen (secondary N) is 1. The number of furan rings is 1. The Balaban J connectivity index is 0.00000484. The summed E-state index contributed by atoms with van der Waals surface area (Å²) >= 11 is 0. The van der Waals surface area contributed by atoms with Crippen molar-refractivity contribution in [3.8, 4) is 0 Å². The molecule has 9 heteroatoms. The molecule has 0 aliphatic carbocycles. The normalized spacial score (nSPS) is 14.5. The molecule has 23 heavy (non-hydrogen) atoms. The molecule has 134 valence electrons. The van der Waals surface area contributed by atoms with Crippen LogP contribution in [-0.2, 0) is 10.0 Å². The number of rotatable bonds is 6. The molecule has 7 nitrogen and oxygen atoms in total. The van der Waals surface area contributed by atoms with Crippen LogP contribution in [0, 0.1) is 12.8 Å². The molecule has 1 amide bonds. The Morgan fingerprint density at radius 1 is 1.43 bits per heavy atom. The SMILES string of the molecule is Cc1oc(C(=O)NC(C)(CN)C(C)C)cc1S(=O)(=O)N(C)C.Cl. The van der Waals surface area contributed by atoms with Crippen molar-refractivity contribution in [2.24, 2.45) is 11.7 Å². The van der Waals surface area contributed by atoms with E-state index in [1.54, 1.807) is 0 Å². The molecule has 1 unspecified atom stereocenters. The van der Waals surface area contributed by atoms with Crippen LogP contribution in [-0.4, -0.2) is 44.8 Å². The lowest BCUT2D eigenvalue weighted by atomic mass is 9.88. The van der Waals surface area contributed by atoms with Gasteiger partial charge in [-0.1, -0.05) is 13.8 Å². The van der Waals surface area contributed by atoms with Gasteiger partial charge in [0, 0.05) is 26.7 Å². The minimum Gasteiger partial charge on any atom is -0.455 e. The molecule has 1 aromatic rings. The van der Waals surface area contributed by atoms with Gasteiger partial charge in [-0.15, -0.1) is 12.4 Å². The Hall–Kier alpha value is -1.09. The lowest BCUT2D eigenvalue weighted by Gasteiger charge is -2.33. The van der Waals surface area contributed by atoms with E-state index in [2.05, 4.69) is 5.32 Å². The fraction of sp³-hybridized carbons (Fsp3) is 0.643. The third-order valence-corrected chi connectivity index (χ3v) is 5.87. The Morgan fingerprint density at radius 2 is 1.96 bits per heavy atom. The number of aryl methyl sites for hydroxylation is 1. The van der Waals surface area contributed by atoms with Crippen LogP contribution in [0.25, 0.3) is 0 Å². The van der Waals surface area contributed by atoms with Crippen molar-refractivity contribution in [3.63, 3.8) is 0 Å². The van der Waals surface area contributed by atoms with Gasteiger partial charge in [0.05, 0.1) is 5.54 Å². The molecule has 3 N–H and O–H groups in total. The second kappa shape index (κ2) is 7.65. The largest absolute Gasteiger partial charge is 0.455 e. The predicted molar refractivity (Wildman–Crippen MR) is 91.3 cm³/mol. The van der Waals surface area contributed by atoms with E-state index in [1.807, 2.05) is 20.8 Å². The summed E-state index contributed by atoms with van der Waals surface area (Å²) in [7, 11) is -0.806. The van der Waals surface area contributed by atoms with Crippen LogP contribution >= 0.6 is 12.4 Å². The maximum absolute atomic E-state index is 12.3. The molecule has 0 fully saturated rings. The molecule has 1 atom stereocenters. The third-order valence-electron chi connectivity index (χ3n) is 3.95. The van der Waals surface area contributed by atoms with E-state index >= 15 is 0 Å². The standard InChI is InChI=1S/C14H25N3O4S.ClH/c1-9(2)14(4,8-15)16-13(18)11-7-12(10(3)21-11)22(19,20)17(5)6;/h7,9H,8,15H2,1-6H3,(H,16,18);1H. The molecule has 0 aliphatic rings.